The number of nitrogens with two attached hydrogens (primary N) is 4. The monoisotopic (exact) mass is 466 g/mol. The molecular formula is C22H50N4O6. The first kappa shape index (κ1) is 31.6. The fraction of sp³-hybridized carbons (Fsp3) is 1.00. The molecule has 0 rings (SSSR count). The predicted octanol–water partition coefficient (Wildman–Crippen LogP) is -0.432. The van der Waals surface area contributed by atoms with Crippen LogP contribution >= 0.6 is 0 Å². The minimum Gasteiger partial charge on any atom is -0.379 e. The third kappa shape index (κ3) is 19.1. The molecule has 10 heteroatoms. The molecule has 0 saturated carbocycles. The van der Waals surface area contributed by atoms with Crippen LogP contribution in [-0.2, 0) is 28.4 Å². The smallest absolute Gasteiger partial charge is 0.0865 e. The average molecular weight is 467 g/mol. The lowest BCUT2D eigenvalue weighted by Gasteiger charge is -2.29. The van der Waals surface area contributed by atoms with E-state index in [1.54, 1.807) is 0 Å². The molecular weight excluding hydrogens is 416 g/mol. The van der Waals surface area contributed by atoms with Crippen molar-refractivity contribution in [1.82, 2.24) is 0 Å². The average Bonchev–Trinajstić information content (AvgIpc) is 2.80. The SMILES string of the molecule is CC(CN)COCCOCC(N)(COCCOCC(C)CN)COCCOCC(C)CN. The zero-order valence-electron chi connectivity index (χ0n) is 20.6. The van der Waals surface area contributed by atoms with Gasteiger partial charge in [0, 0.05) is 0 Å². The van der Waals surface area contributed by atoms with Gasteiger partial charge < -0.3 is 51.4 Å². The van der Waals surface area contributed by atoms with Crippen LogP contribution in [-0.4, -0.2) is 104 Å². The molecule has 0 aromatic heterocycles. The summed E-state index contributed by atoms with van der Waals surface area (Å²) in [5.41, 5.74) is 22.5. The van der Waals surface area contributed by atoms with Gasteiger partial charge in [-0.1, -0.05) is 20.8 Å². The Morgan fingerprint density at radius 1 is 0.500 bits per heavy atom. The summed E-state index contributed by atoms with van der Waals surface area (Å²) >= 11 is 0. The highest BCUT2D eigenvalue weighted by Crippen LogP contribution is 2.05. The first-order valence-electron chi connectivity index (χ1n) is 11.7. The van der Waals surface area contributed by atoms with E-state index in [0.29, 0.717) is 117 Å². The summed E-state index contributed by atoms with van der Waals surface area (Å²) in [6.45, 7) is 13.4. The minimum absolute atomic E-state index is 0.291. The Bertz CT molecular complexity index is 354. The molecule has 0 amide bonds. The zero-order valence-corrected chi connectivity index (χ0v) is 20.6. The van der Waals surface area contributed by atoms with Crippen molar-refractivity contribution in [3.63, 3.8) is 0 Å². The first-order chi connectivity index (χ1) is 15.4. The van der Waals surface area contributed by atoms with E-state index in [1.165, 1.54) is 0 Å². The molecule has 0 saturated heterocycles. The van der Waals surface area contributed by atoms with Gasteiger partial charge in [0.2, 0.25) is 0 Å². The lowest BCUT2D eigenvalue weighted by molar-refractivity contribution is -0.0521. The van der Waals surface area contributed by atoms with E-state index in [0.717, 1.165) is 0 Å². The van der Waals surface area contributed by atoms with Gasteiger partial charge in [-0.25, -0.2) is 0 Å². The van der Waals surface area contributed by atoms with Gasteiger partial charge in [0.25, 0.3) is 0 Å². The third-order valence-electron chi connectivity index (χ3n) is 4.70. The highest BCUT2D eigenvalue weighted by molar-refractivity contribution is 4.84. The molecule has 0 bridgehead atoms. The second-order valence-corrected chi connectivity index (χ2v) is 8.77. The molecule has 3 atom stereocenters. The van der Waals surface area contributed by atoms with Crippen LogP contribution in [0.25, 0.3) is 0 Å². The summed E-state index contributed by atoms with van der Waals surface area (Å²) in [5.74, 6) is 0.988. The largest absolute Gasteiger partial charge is 0.379 e. The Kier molecular flexibility index (Phi) is 20.9. The molecule has 0 heterocycles. The molecule has 0 aliphatic carbocycles. The standard InChI is InChI=1S/C22H50N4O6/c1-19(10-23)13-27-4-7-30-16-22(26,17-31-8-5-28-14-20(2)11-24)18-32-9-6-29-15-21(3)12-25/h19-21H,4-18,23-26H2,1-3H3. The lowest BCUT2D eigenvalue weighted by atomic mass is 10.1. The lowest BCUT2D eigenvalue weighted by Crippen LogP contribution is -2.53. The summed E-state index contributed by atoms with van der Waals surface area (Å²) in [6, 6.07) is 0. The molecule has 10 nitrogen and oxygen atoms in total. The Morgan fingerprint density at radius 2 is 0.750 bits per heavy atom. The van der Waals surface area contributed by atoms with Gasteiger partial charge in [0.1, 0.15) is 0 Å². The molecule has 0 radical (unpaired) electrons. The minimum atomic E-state index is -0.778. The van der Waals surface area contributed by atoms with Gasteiger partial charge >= 0.3 is 0 Å². The molecule has 0 aliphatic rings. The molecule has 3 unspecified atom stereocenters. The number of hydrogen-bond donors (Lipinski definition) is 4. The molecule has 0 aliphatic heterocycles. The van der Waals surface area contributed by atoms with E-state index in [4.69, 9.17) is 51.4 Å². The van der Waals surface area contributed by atoms with E-state index in [1.807, 2.05) is 20.8 Å². The maximum absolute atomic E-state index is 6.50. The van der Waals surface area contributed by atoms with Crippen molar-refractivity contribution in [2.24, 2.45) is 40.7 Å². The molecule has 32 heavy (non-hydrogen) atoms. The van der Waals surface area contributed by atoms with Crippen LogP contribution in [0.15, 0.2) is 0 Å². The van der Waals surface area contributed by atoms with E-state index in [-0.39, 0.29) is 0 Å². The quantitative estimate of drug-likeness (QED) is 0.137. The summed E-state index contributed by atoms with van der Waals surface area (Å²) in [6.07, 6.45) is 0. The van der Waals surface area contributed by atoms with Crippen LogP contribution < -0.4 is 22.9 Å². The van der Waals surface area contributed by atoms with Crippen LogP contribution in [0.1, 0.15) is 20.8 Å². The van der Waals surface area contributed by atoms with Crippen molar-refractivity contribution in [3.05, 3.63) is 0 Å². The normalized spacial score (nSPS) is 16.6. The van der Waals surface area contributed by atoms with Gasteiger partial charge in [-0.2, -0.15) is 0 Å². The third-order valence-corrected chi connectivity index (χ3v) is 4.70. The number of ether oxygens (including phenoxy) is 6. The van der Waals surface area contributed by atoms with E-state index < -0.39 is 5.54 Å². The highest BCUT2D eigenvalue weighted by Gasteiger charge is 2.26. The molecule has 0 aromatic carbocycles. The number of rotatable bonds is 24. The van der Waals surface area contributed by atoms with Gasteiger partial charge in [-0.15, -0.1) is 0 Å². The van der Waals surface area contributed by atoms with Crippen molar-refractivity contribution in [1.29, 1.82) is 0 Å². The summed E-state index contributed by atoms with van der Waals surface area (Å²) in [5, 5.41) is 0. The van der Waals surface area contributed by atoms with Crippen molar-refractivity contribution in [2.45, 2.75) is 26.3 Å². The van der Waals surface area contributed by atoms with E-state index in [9.17, 15) is 0 Å². The number of hydrogen-bond acceptors (Lipinski definition) is 10. The summed E-state index contributed by atoms with van der Waals surface area (Å²) < 4.78 is 33.8. The van der Waals surface area contributed by atoms with Crippen LogP contribution in [0.4, 0.5) is 0 Å². The van der Waals surface area contributed by atoms with Gasteiger partial charge in [0.05, 0.1) is 84.8 Å². The Hall–Kier alpha value is -0.400. The molecule has 0 spiro atoms. The van der Waals surface area contributed by atoms with Crippen LogP contribution in [0.3, 0.4) is 0 Å². The van der Waals surface area contributed by atoms with Crippen molar-refractivity contribution in [3.8, 4) is 0 Å². The first-order valence-corrected chi connectivity index (χ1v) is 11.7. The second kappa shape index (κ2) is 21.2. The molecule has 194 valence electrons. The van der Waals surface area contributed by atoms with Gasteiger partial charge in [-0.3, -0.25) is 0 Å². The fourth-order valence-electron chi connectivity index (χ4n) is 2.36. The van der Waals surface area contributed by atoms with Gasteiger partial charge in [-0.05, 0) is 37.4 Å². The summed E-state index contributed by atoms with van der Waals surface area (Å²) in [4.78, 5) is 0. The molecule has 0 fully saturated rings. The summed E-state index contributed by atoms with van der Waals surface area (Å²) in [7, 11) is 0. The maximum atomic E-state index is 6.50. The van der Waals surface area contributed by atoms with E-state index in [2.05, 4.69) is 0 Å². The van der Waals surface area contributed by atoms with Gasteiger partial charge in [0.15, 0.2) is 0 Å². The maximum Gasteiger partial charge on any atom is 0.0865 e. The Labute approximate surface area is 194 Å². The van der Waals surface area contributed by atoms with Crippen LogP contribution in [0.5, 0.6) is 0 Å². The van der Waals surface area contributed by atoms with Crippen molar-refractivity contribution in [2.75, 3.05) is 98.9 Å². The zero-order chi connectivity index (χ0) is 24.1. The Balaban J connectivity index is 4.20. The van der Waals surface area contributed by atoms with Crippen molar-refractivity contribution >= 4 is 0 Å². The van der Waals surface area contributed by atoms with Crippen LogP contribution in [0.2, 0.25) is 0 Å². The molecule has 0 aromatic rings. The van der Waals surface area contributed by atoms with Crippen molar-refractivity contribution < 1.29 is 28.4 Å². The highest BCUT2D eigenvalue weighted by atomic mass is 16.5. The second-order valence-electron chi connectivity index (χ2n) is 8.77. The molecule has 8 N–H and O–H groups in total. The fourth-order valence-corrected chi connectivity index (χ4v) is 2.36. The topological polar surface area (TPSA) is 159 Å². The van der Waals surface area contributed by atoms with E-state index >= 15 is 0 Å². The van der Waals surface area contributed by atoms with Crippen LogP contribution in [0, 0.1) is 17.8 Å². The predicted molar refractivity (Wildman–Crippen MR) is 126 cm³/mol. The Morgan fingerprint density at radius 3 is 1.00 bits per heavy atom.